The summed E-state index contributed by atoms with van der Waals surface area (Å²) in [5.74, 6) is 0. The first-order chi connectivity index (χ1) is 9.83. The Balaban J connectivity index is 1.61. The Morgan fingerprint density at radius 2 is 2.20 bits per heavy atom. The molecule has 1 fully saturated rings. The summed E-state index contributed by atoms with van der Waals surface area (Å²) in [6.45, 7) is 2.04. The predicted molar refractivity (Wildman–Crippen MR) is 81.6 cm³/mol. The van der Waals surface area contributed by atoms with Crippen molar-refractivity contribution in [3.8, 4) is 0 Å². The molecule has 0 bridgehead atoms. The number of thiazole rings is 1. The molecule has 2 aromatic rings. The minimum absolute atomic E-state index is 0.363. The molecule has 0 amide bonds. The molecule has 1 N–H and O–H groups in total. The van der Waals surface area contributed by atoms with Crippen LogP contribution in [0.3, 0.4) is 0 Å². The molecule has 3 rings (SSSR count). The summed E-state index contributed by atoms with van der Waals surface area (Å²) in [5, 5.41) is 13.6. The van der Waals surface area contributed by atoms with Gasteiger partial charge in [-0.3, -0.25) is 4.90 Å². The van der Waals surface area contributed by atoms with Gasteiger partial charge in [0.05, 0.1) is 12.6 Å². The molecular formula is C16H20N2OS. The van der Waals surface area contributed by atoms with E-state index in [4.69, 9.17) is 0 Å². The van der Waals surface area contributed by atoms with Crippen molar-refractivity contribution in [2.24, 2.45) is 0 Å². The number of aliphatic hydroxyl groups excluding tert-OH is 1. The predicted octanol–water partition coefficient (Wildman–Crippen LogP) is 3.23. The number of aliphatic hydroxyl groups is 1. The molecule has 2 atom stereocenters. The zero-order valence-corrected chi connectivity index (χ0v) is 12.3. The smallest absolute Gasteiger partial charge is 0.107 e. The van der Waals surface area contributed by atoms with Crippen LogP contribution in [0.25, 0.3) is 0 Å². The lowest BCUT2D eigenvalue weighted by atomic mass is 10.0. The molecule has 0 spiro atoms. The van der Waals surface area contributed by atoms with Crippen molar-refractivity contribution < 1.29 is 5.11 Å². The Morgan fingerprint density at radius 1 is 1.35 bits per heavy atom. The highest BCUT2D eigenvalue weighted by atomic mass is 32.1. The van der Waals surface area contributed by atoms with Crippen molar-refractivity contribution in [2.75, 3.05) is 6.54 Å². The number of aromatic nitrogens is 1. The maximum Gasteiger partial charge on any atom is 0.107 e. The maximum absolute atomic E-state index is 10.4. The van der Waals surface area contributed by atoms with E-state index in [2.05, 4.69) is 9.88 Å². The third-order valence-corrected chi connectivity index (χ3v) is 4.76. The van der Waals surface area contributed by atoms with Gasteiger partial charge in [0.2, 0.25) is 0 Å². The van der Waals surface area contributed by atoms with Gasteiger partial charge in [0.25, 0.3) is 0 Å². The Hall–Kier alpha value is -1.23. The third kappa shape index (κ3) is 3.26. The van der Waals surface area contributed by atoms with Gasteiger partial charge in [0.15, 0.2) is 0 Å². The summed E-state index contributed by atoms with van der Waals surface area (Å²) in [7, 11) is 0. The van der Waals surface area contributed by atoms with Crippen LogP contribution in [0.2, 0.25) is 0 Å². The second-order valence-electron chi connectivity index (χ2n) is 5.35. The summed E-state index contributed by atoms with van der Waals surface area (Å²) in [6, 6.07) is 10.4. The molecule has 3 nitrogen and oxygen atoms in total. The van der Waals surface area contributed by atoms with E-state index in [-0.39, 0.29) is 6.10 Å². The molecule has 1 aliphatic rings. The van der Waals surface area contributed by atoms with Gasteiger partial charge >= 0.3 is 0 Å². The van der Waals surface area contributed by atoms with Crippen LogP contribution in [-0.4, -0.2) is 27.6 Å². The molecule has 2 unspecified atom stereocenters. The normalized spacial score (nSPS) is 21.1. The van der Waals surface area contributed by atoms with Crippen molar-refractivity contribution in [3.05, 3.63) is 52.5 Å². The Morgan fingerprint density at radius 3 is 2.95 bits per heavy atom. The first-order valence-corrected chi connectivity index (χ1v) is 8.06. The number of hydrogen-bond acceptors (Lipinski definition) is 4. The zero-order chi connectivity index (χ0) is 13.8. The summed E-state index contributed by atoms with van der Waals surface area (Å²) in [6.07, 6.45) is 4.71. The molecule has 20 heavy (non-hydrogen) atoms. The minimum Gasteiger partial charge on any atom is -0.388 e. The van der Waals surface area contributed by atoms with Crippen molar-refractivity contribution in [2.45, 2.75) is 38.0 Å². The fourth-order valence-electron chi connectivity index (χ4n) is 2.94. The lowest BCUT2D eigenvalue weighted by Crippen LogP contribution is -2.30. The quantitative estimate of drug-likeness (QED) is 0.917. The van der Waals surface area contributed by atoms with Gasteiger partial charge < -0.3 is 5.11 Å². The van der Waals surface area contributed by atoms with Crippen LogP contribution >= 0.6 is 11.3 Å². The van der Waals surface area contributed by atoms with Gasteiger partial charge in [0.1, 0.15) is 5.01 Å². The second-order valence-corrected chi connectivity index (χ2v) is 6.33. The van der Waals surface area contributed by atoms with Crippen LogP contribution < -0.4 is 0 Å². The fourth-order valence-corrected chi connectivity index (χ4v) is 3.58. The van der Waals surface area contributed by atoms with E-state index in [1.165, 1.54) is 17.8 Å². The van der Waals surface area contributed by atoms with E-state index in [0.29, 0.717) is 6.04 Å². The summed E-state index contributed by atoms with van der Waals surface area (Å²) >= 11 is 1.71. The van der Waals surface area contributed by atoms with Gasteiger partial charge in [-0.15, -0.1) is 11.3 Å². The Labute approximate surface area is 123 Å². The van der Waals surface area contributed by atoms with Gasteiger partial charge in [-0.2, -0.15) is 0 Å². The number of likely N-dealkylation sites (tertiary alicyclic amines) is 1. The Kier molecular flexibility index (Phi) is 4.45. The van der Waals surface area contributed by atoms with E-state index in [0.717, 1.165) is 25.1 Å². The SMILES string of the molecule is OC(CC1CCCN1Cc1nccs1)c1ccccc1. The monoisotopic (exact) mass is 288 g/mol. The molecule has 1 aliphatic heterocycles. The van der Waals surface area contributed by atoms with E-state index in [1.807, 2.05) is 41.9 Å². The van der Waals surface area contributed by atoms with Crippen LogP contribution in [0.5, 0.6) is 0 Å². The molecule has 4 heteroatoms. The van der Waals surface area contributed by atoms with Gasteiger partial charge in [-0.25, -0.2) is 4.98 Å². The largest absolute Gasteiger partial charge is 0.388 e. The number of benzene rings is 1. The fraction of sp³-hybridized carbons (Fsp3) is 0.438. The topological polar surface area (TPSA) is 36.4 Å². The lowest BCUT2D eigenvalue weighted by Gasteiger charge is -2.25. The van der Waals surface area contributed by atoms with Crippen LogP contribution in [0.15, 0.2) is 41.9 Å². The van der Waals surface area contributed by atoms with Crippen molar-refractivity contribution in [1.29, 1.82) is 0 Å². The molecule has 0 radical (unpaired) electrons. The minimum atomic E-state index is -0.363. The molecule has 1 aromatic heterocycles. The van der Waals surface area contributed by atoms with Crippen LogP contribution in [-0.2, 0) is 6.54 Å². The Bertz CT molecular complexity index is 515. The van der Waals surface area contributed by atoms with E-state index in [9.17, 15) is 5.11 Å². The van der Waals surface area contributed by atoms with Crippen LogP contribution in [0.1, 0.15) is 35.9 Å². The van der Waals surface area contributed by atoms with Crippen molar-refractivity contribution >= 4 is 11.3 Å². The highest BCUT2D eigenvalue weighted by Gasteiger charge is 2.27. The van der Waals surface area contributed by atoms with Crippen LogP contribution in [0, 0.1) is 0 Å². The average molecular weight is 288 g/mol. The molecule has 106 valence electrons. The van der Waals surface area contributed by atoms with E-state index < -0.39 is 0 Å². The molecular weight excluding hydrogens is 268 g/mol. The summed E-state index contributed by atoms with van der Waals surface area (Å²) < 4.78 is 0. The van der Waals surface area contributed by atoms with Crippen molar-refractivity contribution in [3.63, 3.8) is 0 Å². The summed E-state index contributed by atoms with van der Waals surface area (Å²) in [5.41, 5.74) is 1.02. The van der Waals surface area contributed by atoms with Crippen LogP contribution in [0.4, 0.5) is 0 Å². The first-order valence-electron chi connectivity index (χ1n) is 7.18. The standard InChI is InChI=1S/C16H20N2OS/c19-15(13-5-2-1-3-6-13)11-14-7-4-9-18(14)12-16-17-8-10-20-16/h1-3,5-6,8,10,14-15,19H,4,7,9,11-12H2. The molecule has 2 heterocycles. The molecule has 1 saturated heterocycles. The number of hydrogen-bond donors (Lipinski definition) is 1. The van der Waals surface area contributed by atoms with Crippen molar-refractivity contribution in [1.82, 2.24) is 9.88 Å². The second kappa shape index (κ2) is 6.48. The number of rotatable bonds is 5. The molecule has 0 aliphatic carbocycles. The molecule has 1 aromatic carbocycles. The third-order valence-electron chi connectivity index (χ3n) is 4.00. The van der Waals surface area contributed by atoms with Gasteiger partial charge in [-0.1, -0.05) is 30.3 Å². The summed E-state index contributed by atoms with van der Waals surface area (Å²) in [4.78, 5) is 6.83. The highest BCUT2D eigenvalue weighted by molar-refractivity contribution is 7.09. The highest BCUT2D eigenvalue weighted by Crippen LogP contribution is 2.28. The lowest BCUT2D eigenvalue weighted by molar-refractivity contribution is 0.118. The maximum atomic E-state index is 10.4. The van der Waals surface area contributed by atoms with E-state index in [1.54, 1.807) is 11.3 Å². The zero-order valence-electron chi connectivity index (χ0n) is 11.5. The number of nitrogens with zero attached hydrogens (tertiary/aromatic N) is 2. The average Bonchev–Trinajstić information content (AvgIpc) is 3.13. The van der Waals surface area contributed by atoms with Gasteiger partial charge in [0, 0.05) is 17.6 Å². The van der Waals surface area contributed by atoms with Gasteiger partial charge in [-0.05, 0) is 31.4 Å². The first kappa shape index (κ1) is 13.7. The molecule has 0 saturated carbocycles. The van der Waals surface area contributed by atoms with E-state index >= 15 is 0 Å².